The van der Waals surface area contributed by atoms with E-state index in [1.807, 2.05) is 12.1 Å². The zero-order valence-corrected chi connectivity index (χ0v) is 13.9. The molecule has 0 spiro atoms. The first-order chi connectivity index (χ1) is 11.4. The Bertz CT molecular complexity index is 748. The number of carbonyl (C=O) groups is 1. The molecule has 0 saturated heterocycles. The number of amides is 2. The minimum Gasteiger partial charge on any atom is -0.312 e. The summed E-state index contributed by atoms with van der Waals surface area (Å²) in [7, 11) is 0. The number of hydrogen-bond donors (Lipinski definition) is 3. The van der Waals surface area contributed by atoms with Crippen LogP contribution in [0.5, 0.6) is 0 Å². The van der Waals surface area contributed by atoms with Crippen LogP contribution in [-0.4, -0.2) is 12.6 Å². The van der Waals surface area contributed by atoms with E-state index in [0.29, 0.717) is 11.4 Å². The van der Waals surface area contributed by atoms with Crippen molar-refractivity contribution in [2.75, 3.05) is 17.2 Å². The average Bonchev–Trinajstić information content (AvgIpc) is 2.54. The number of carbonyl (C=O) groups excluding carboxylic acids is 1. The van der Waals surface area contributed by atoms with Crippen molar-refractivity contribution in [2.45, 2.75) is 19.1 Å². The third-order valence-electron chi connectivity index (χ3n) is 3.82. The van der Waals surface area contributed by atoms with E-state index < -0.39 is 17.8 Å². The maximum Gasteiger partial charge on any atom is 0.416 e. The maximum absolute atomic E-state index is 12.5. The van der Waals surface area contributed by atoms with Gasteiger partial charge in [0.05, 0.1) is 5.56 Å². The molecule has 0 aliphatic carbocycles. The summed E-state index contributed by atoms with van der Waals surface area (Å²) in [5.41, 5.74) is 2.58. The van der Waals surface area contributed by atoms with Crippen LogP contribution in [0, 0.1) is 0 Å². The fourth-order valence-corrected chi connectivity index (χ4v) is 2.59. The van der Waals surface area contributed by atoms with E-state index in [9.17, 15) is 18.0 Å². The Balaban J connectivity index is 0.00000225. The highest BCUT2D eigenvalue weighted by Gasteiger charge is 2.29. The summed E-state index contributed by atoms with van der Waals surface area (Å²) >= 11 is 0. The van der Waals surface area contributed by atoms with Gasteiger partial charge in [0.15, 0.2) is 0 Å². The van der Waals surface area contributed by atoms with Crippen LogP contribution < -0.4 is 16.0 Å². The largest absolute Gasteiger partial charge is 0.416 e. The van der Waals surface area contributed by atoms with Gasteiger partial charge in [-0.25, -0.2) is 4.79 Å². The lowest BCUT2D eigenvalue weighted by Gasteiger charge is -2.18. The van der Waals surface area contributed by atoms with Gasteiger partial charge in [0.1, 0.15) is 0 Å². The number of rotatable bonds is 2. The third kappa shape index (κ3) is 4.87. The standard InChI is InChI=1S/C17H16F3N3O.ClH/c18-17(19,20)13-2-5-14(6-3-13)22-16(24)23-15-4-1-12-10-21-8-7-11(12)9-15;/h1-6,9,21H,7-8,10H2,(H2,22,23,24);1H. The molecule has 2 aromatic rings. The molecule has 2 amide bonds. The minimum atomic E-state index is -4.39. The highest BCUT2D eigenvalue weighted by atomic mass is 35.5. The first-order valence-corrected chi connectivity index (χ1v) is 7.49. The molecule has 3 rings (SSSR count). The minimum absolute atomic E-state index is 0. The lowest BCUT2D eigenvalue weighted by Crippen LogP contribution is -2.24. The van der Waals surface area contributed by atoms with Crippen LogP contribution >= 0.6 is 12.4 Å². The normalized spacial score (nSPS) is 13.4. The lowest BCUT2D eigenvalue weighted by molar-refractivity contribution is -0.137. The van der Waals surface area contributed by atoms with E-state index in [4.69, 9.17) is 0 Å². The summed E-state index contributed by atoms with van der Waals surface area (Å²) in [4.78, 5) is 12.0. The first-order valence-electron chi connectivity index (χ1n) is 7.49. The van der Waals surface area contributed by atoms with Crippen molar-refractivity contribution in [3.63, 3.8) is 0 Å². The Morgan fingerprint density at radius 1 is 0.960 bits per heavy atom. The number of hydrogen-bond acceptors (Lipinski definition) is 2. The van der Waals surface area contributed by atoms with Crippen molar-refractivity contribution in [2.24, 2.45) is 0 Å². The molecule has 2 aromatic carbocycles. The topological polar surface area (TPSA) is 53.2 Å². The number of halogens is 4. The predicted molar refractivity (Wildman–Crippen MR) is 93.2 cm³/mol. The Morgan fingerprint density at radius 2 is 1.60 bits per heavy atom. The fourth-order valence-electron chi connectivity index (χ4n) is 2.59. The maximum atomic E-state index is 12.5. The van der Waals surface area contributed by atoms with E-state index in [-0.39, 0.29) is 12.4 Å². The van der Waals surface area contributed by atoms with E-state index in [1.54, 1.807) is 6.07 Å². The summed E-state index contributed by atoms with van der Waals surface area (Å²) in [5.74, 6) is 0. The molecule has 0 aromatic heterocycles. The molecule has 3 N–H and O–H groups in total. The van der Waals surface area contributed by atoms with Gasteiger partial charge in [-0.3, -0.25) is 0 Å². The van der Waals surface area contributed by atoms with Gasteiger partial charge in [-0.1, -0.05) is 6.07 Å². The zero-order chi connectivity index (χ0) is 17.2. The van der Waals surface area contributed by atoms with Crippen LogP contribution in [-0.2, 0) is 19.1 Å². The molecule has 25 heavy (non-hydrogen) atoms. The van der Waals surface area contributed by atoms with Gasteiger partial charge in [0.2, 0.25) is 0 Å². The molecule has 0 saturated carbocycles. The van der Waals surface area contributed by atoms with Gasteiger partial charge in [-0.05, 0) is 60.5 Å². The number of fused-ring (bicyclic) bond motifs is 1. The molecule has 4 nitrogen and oxygen atoms in total. The van der Waals surface area contributed by atoms with E-state index in [2.05, 4.69) is 16.0 Å². The fraction of sp³-hybridized carbons (Fsp3) is 0.235. The van der Waals surface area contributed by atoms with Crippen LogP contribution in [0.15, 0.2) is 42.5 Å². The van der Waals surface area contributed by atoms with Crippen LogP contribution in [0.4, 0.5) is 29.3 Å². The predicted octanol–water partition coefficient (Wildman–Crippen LogP) is 4.42. The molecule has 0 fully saturated rings. The van der Waals surface area contributed by atoms with Crippen molar-refractivity contribution in [1.82, 2.24) is 5.32 Å². The summed E-state index contributed by atoms with van der Waals surface area (Å²) in [6, 6.07) is 9.49. The van der Waals surface area contributed by atoms with Gasteiger partial charge in [0, 0.05) is 17.9 Å². The highest BCUT2D eigenvalue weighted by Crippen LogP contribution is 2.29. The molecule has 0 atom stereocenters. The number of anilines is 2. The smallest absolute Gasteiger partial charge is 0.312 e. The summed E-state index contributed by atoms with van der Waals surface area (Å²) in [6.07, 6.45) is -3.50. The summed E-state index contributed by atoms with van der Waals surface area (Å²) in [5, 5.41) is 8.48. The van der Waals surface area contributed by atoms with Gasteiger partial charge in [-0.15, -0.1) is 12.4 Å². The number of urea groups is 1. The second-order valence-electron chi connectivity index (χ2n) is 5.56. The Labute approximate surface area is 149 Å². The molecule has 1 aliphatic heterocycles. The van der Waals surface area contributed by atoms with Crippen LogP contribution in [0.25, 0.3) is 0 Å². The monoisotopic (exact) mass is 371 g/mol. The number of alkyl halides is 3. The van der Waals surface area contributed by atoms with Crippen molar-refractivity contribution < 1.29 is 18.0 Å². The Kier molecular flexibility index (Phi) is 5.92. The van der Waals surface area contributed by atoms with E-state index >= 15 is 0 Å². The molecule has 134 valence electrons. The molecule has 0 bridgehead atoms. The Hall–Kier alpha value is -2.25. The van der Waals surface area contributed by atoms with Crippen molar-refractivity contribution in [1.29, 1.82) is 0 Å². The quantitative estimate of drug-likeness (QED) is 0.732. The molecule has 8 heteroatoms. The zero-order valence-electron chi connectivity index (χ0n) is 13.1. The van der Waals surface area contributed by atoms with Gasteiger partial charge >= 0.3 is 12.2 Å². The van der Waals surface area contributed by atoms with Gasteiger partial charge < -0.3 is 16.0 Å². The molecule has 1 aliphatic rings. The number of nitrogens with one attached hydrogen (secondary N) is 3. The first kappa shape index (κ1) is 19.1. The molecule has 0 radical (unpaired) electrons. The van der Waals surface area contributed by atoms with Crippen LogP contribution in [0.1, 0.15) is 16.7 Å². The number of benzene rings is 2. The van der Waals surface area contributed by atoms with Crippen molar-refractivity contribution in [3.8, 4) is 0 Å². The highest BCUT2D eigenvalue weighted by molar-refractivity contribution is 5.99. The second-order valence-corrected chi connectivity index (χ2v) is 5.56. The van der Waals surface area contributed by atoms with E-state index in [1.165, 1.54) is 23.3 Å². The summed E-state index contributed by atoms with van der Waals surface area (Å²) < 4.78 is 37.5. The molecular formula is C17H17ClF3N3O. The molecule has 1 heterocycles. The second kappa shape index (κ2) is 7.76. The summed E-state index contributed by atoms with van der Waals surface area (Å²) in [6.45, 7) is 1.71. The molecular weight excluding hydrogens is 355 g/mol. The third-order valence-corrected chi connectivity index (χ3v) is 3.82. The average molecular weight is 372 g/mol. The lowest BCUT2D eigenvalue weighted by atomic mass is 10.0. The SMILES string of the molecule is Cl.O=C(Nc1ccc(C(F)(F)F)cc1)Nc1ccc2c(c1)CCNC2. The van der Waals surface area contributed by atoms with Crippen molar-refractivity contribution >= 4 is 29.8 Å². The van der Waals surface area contributed by atoms with E-state index in [0.717, 1.165) is 31.6 Å². The Morgan fingerprint density at radius 3 is 2.28 bits per heavy atom. The van der Waals surface area contributed by atoms with Crippen LogP contribution in [0.2, 0.25) is 0 Å². The van der Waals surface area contributed by atoms with Crippen LogP contribution in [0.3, 0.4) is 0 Å². The van der Waals surface area contributed by atoms with Gasteiger partial charge in [0.25, 0.3) is 0 Å². The molecule has 0 unspecified atom stereocenters. The van der Waals surface area contributed by atoms with Gasteiger partial charge in [-0.2, -0.15) is 13.2 Å². The van der Waals surface area contributed by atoms with Crippen molar-refractivity contribution in [3.05, 3.63) is 59.2 Å².